The predicted octanol–water partition coefficient (Wildman–Crippen LogP) is 2.81. The molecule has 1 heterocycles. The minimum atomic E-state index is -4.42. The Bertz CT molecular complexity index is 572. The van der Waals surface area contributed by atoms with Gasteiger partial charge in [0.05, 0.1) is 6.42 Å². The fourth-order valence-corrected chi connectivity index (χ4v) is 1.61. The maximum atomic E-state index is 12.4. The number of aromatic nitrogens is 1. The molecule has 6 heteroatoms. The fourth-order valence-electron chi connectivity index (χ4n) is 1.61. The Kier molecular flexibility index (Phi) is 2.57. The first kappa shape index (κ1) is 11.5. The second kappa shape index (κ2) is 3.80. The van der Waals surface area contributed by atoms with Crippen molar-refractivity contribution in [2.75, 3.05) is 0 Å². The van der Waals surface area contributed by atoms with Crippen LogP contribution in [-0.2, 0) is 17.4 Å². The van der Waals surface area contributed by atoms with Crippen LogP contribution in [0.15, 0.2) is 24.3 Å². The van der Waals surface area contributed by atoms with Crippen LogP contribution in [0.4, 0.5) is 13.2 Å². The molecule has 2 aromatic rings. The molecule has 0 saturated carbocycles. The summed E-state index contributed by atoms with van der Waals surface area (Å²) in [7, 11) is 0. The molecule has 0 aliphatic rings. The van der Waals surface area contributed by atoms with Gasteiger partial charge in [0.15, 0.2) is 0 Å². The van der Waals surface area contributed by atoms with Gasteiger partial charge in [0.25, 0.3) is 0 Å². The zero-order valence-corrected chi connectivity index (χ0v) is 8.51. The summed E-state index contributed by atoms with van der Waals surface area (Å²) in [5.41, 5.74) is -0.0865. The van der Waals surface area contributed by atoms with Crippen molar-refractivity contribution in [1.29, 1.82) is 0 Å². The van der Waals surface area contributed by atoms with Crippen molar-refractivity contribution in [2.45, 2.75) is 12.6 Å². The fraction of sp³-hybridized carbons (Fsp3) is 0.182. The van der Waals surface area contributed by atoms with Crippen molar-refractivity contribution in [3.05, 3.63) is 35.5 Å². The summed E-state index contributed by atoms with van der Waals surface area (Å²) < 4.78 is 37.2. The molecule has 0 amide bonds. The number of aromatic amines is 1. The highest BCUT2D eigenvalue weighted by atomic mass is 19.4. The quantitative estimate of drug-likeness (QED) is 0.852. The average molecular weight is 243 g/mol. The molecule has 1 aromatic carbocycles. The van der Waals surface area contributed by atoms with Crippen LogP contribution in [0.5, 0.6) is 0 Å². The van der Waals surface area contributed by atoms with E-state index >= 15 is 0 Å². The summed E-state index contributed by atoms with van der Waals surface area (Å²) in [6.07, 6.45) is -4.64. The summed E-state index contributed by atoms with van der Waals surface area (Å²) in [5, 5.41) is 8.99. The van der Waals surface area contributed by atoms with Gasteiger partial charge >= 0.3 is 12.1 Å². The number of carboxylic acid groups (broad SMARTS) is 1. The van der Waals surface area contributed by atoms with E-state index in [0.29, 0.717) is 10.9 Å². The number of carboxylic acids is 1. The van der Waals surface area contributed by atoms with Crippen molar-refractivity contribution in [3.63, 3.8) is 0 Å². The Balaban J connectivity index is 2.44. The predicted molar refractivity (Wildman–Crippen MR) is 54.6 cm³/mol. The zero-order valence-electron chi connectivity index (χ0n) is 8.51. The van der Waals surface area contributed by atoms with Crippen LogP contribution in [0, 0.1) is 0 Å². The average Bonchev–Trinajstić information content (AvgIpc) is 2.58. The SMILES string of the molecule is O=C(O)Cc1ccc2cc(C(F)(F)F)[nH]c2c1. The Morgan fingerprint density at radius 2 is 2.00 bits per heavy atom. The topological polar surface area (TPSA) is 53.1 Å². The highest BCUT2D eigenvalue weighted by molar-refractivity contribution is 5.82. The maximum absolute atomic E-state index is 12.4. The Hall–Kier alpha value is -1.98. The third kappa shape index (κ3) is 2.41. The van der Waals surface area contributed by atoms with E-state index in [0.717, 1.165) is 6.07 Å². The van der Waals surface area contributed by atoms with Gasteiger partial charge in [-0.2, -0.15) is 13.2 Å². The van der Waals surface area contributed by atoms with Crippen LogP contribution >= 0.6 is 0 Å². The molecule has 90 valence electrons. The second-order valence-corrected chi connectivity index (χ2v) is 3.67. The molecule has 0 aliphatic heterocycles. The van der Waals surface area contributed by atoms with Gasteiger partial charge in [-0.05, 0) is 17.7 Å². The molecule has 3 nitrogen and oxygen atoms in total. The molecule has 0 radical (unpaired) electrons. The van der Waals surface area contributed by atoms with Gasteiger partial charge in [-0.3, -0.25) is 4.79 Å². The summed E-state index contributed by atoms with van der Waals surface area (Å²) >= 11 is 0. The Morgan fingerprint density at radius 1 is 1.29 bits per heavy atom. The number of hydrogen-bond donors (Lipinski definition) is 2. The van der Waals surface area contributed by atoms with Crippen molar-refractivity contribution >= 4 is 16.9 Å². The van der Waals surface area contributed by atoms with Gasteiger partial charge in [0, 0.05) is 10.9 Å². The number of carbonyl (C=O) groups is 1. The van der Waals surface area contributed by atoms with E-state index in [-0.39, 0.29) is 11.9 Å². The summed E-state index contributed by atoms with van der Waals surface area (Å²) in [4.78, 5) is 12.7. The highest BCUT2D eigenvalue weighted by Gasteiger charge is 2.32. The maximum Gasteiger partial charge on any atom is 0.431 e. The van der Waals surface area contributed by atoms with E-state index in [9.17, 15) is 18.0 Å². The van der Waals surface area contributed by atoms with Gasteiger partial charge in [-0.1, -0.05) is 12.1 Å². The number of hydrogen-bond acceptors (Lipinski definition) is 1. The Labute approximate surface area is 93.9 Å². The van der Waals surface area contributed by atoms with Crippen LogP contribution in [0.1, 0.15) is 11.3 Å². The van der Waals surface area contributed by atoms with Gasteiger partial charge in [-0.25, -0.2) is 0 Å². The molecular formula is C11H8F3NO2. The third-order valence-corrected chi connectivity index (χ3v) is 2.35. The largest absolute Gasteiger partial charge is 0.481 e. The minimum absolute atomic E-state index is 0.212. The molecule has 0 aliphatic carbocycles. The number of benzene rings is 1. The first-order valence-electron chi connectivity index (χ1n) is 4.77. The number of alkyl halides is 3. The van der Waals surface area contributed by atoms with Gasteiger partial charge in [0.2, 0.25) is 0 Å². The second-order valence-electron chi connectivity index (χ2n) is 3.67. The first-order chi connectivity index (χ1) is 7.86. The molecule has 0 saturated heterocycles. The lowest BCUT2D eigenvalue weighted by molar-refractivity contribution is -0.140. The molecular weight excluding hydrogens is 235 g/mol. The molecule has 0 atom stereocenters. The van der Waals surface area contributed by atoms with Crippen LogP contribution < -0.4 is 0 Å². The van der Waals surface area contributed by atoms with E-state index in [2.05, 4.69) is 4.98 Å². The van der Waals surface area contributed by atoms with Gasteiger partial charge in [-0.15, -0.1) is 0 Å². The molecule has 17 heavy (non-hydrogen) atoms. The smallest absolute Gasteiger partial charge is 0.431 e. The lowest BCUT2D eigenvalue weighted by Gasteiger charge is -2.01. The molecule has 0 spiro atoms. The normalized spacial score (nSPS) is 11.9. The Morgan fingerprint density at radius 3 is 2.59 bits per heavy atom. The third-order valence-electron chi connectivity index (χ3n) is 2.35. The molecule has 2 rings (SSSR count). The number of halogens is 3. The minimum Gasteiger partial charge on any atom is -0.481 e. The monoisotopic (exact) mass is 243 g/mol. The van der Waals surface area contributed by atoms with Crippen LogP contribution in [0.3, 0.4) is 0 Å². The van der Waals surface area contributed by atoms with Crippen LogP contribution in [0.25, 0.3) is 10.9 Å². The number of fused-ring (bicyclic) bond motifs is 1. The molecule has 1 aromatic heterocycles. The van der Waals surface area contributed by atoms with E-state index in [1.54, 1.807) is 0 Å². The summed E-state index contributed by atoms with van der Waals surface area (Å²) in [6, 6.07) is 5.39. The molecule has 0 unspecified atom stereocenters. The van der Waals surface area contributed by atoms with E-state index < -0.39 is 17.8 Å². The van der Waals surface area contributed by atoms with E-state index in [1.165, 1.54) is 18.2 Å². The molecule has 0 bridgehead atoms. The lowest BCUT2D eigenvalue weighted by Crippen LogP contribution is -2.04. The summed E-state index contributed by atoms with van der Waals surface area (Å²) in [6.45, 7) is 0. The lowest BCUT2D eigenvalue weighted by atomic mass is 10.1. The number of nitrogens with one attached hydrogen (secondary N) is 1. The molecule has 2 N–H and O–H groups in total. The van der Waals surface area contributed by atoms with E-state index in [1.807, 2.05) is 0 Å². The standard InChI is InChI=1S/C11H8F3NO2/c12-11(13,14)9-5-7-2-1-6(4-10(16)17)3-8(7)15-9/h1-3,5,15H,4H2,(H,16,17). The number of aliphatic carboxylic acids is 1. The van der Waals surface area contributed by atoms with Crippen LogP contribution in [0.2, 0.25) is 0 Å². The molecule has 0 fully saturated rings. The van der Waals surface area contributed by atoms with Crippen molar-refractivity contribution in [3.8, 4) is 0 Å². The first-order valence-corrected chi connectivity index (χ1v) is 4.77. The van der Waals surface area contributed by atoms with Crippen molar-refractivity contribution < 1.29 is 23.1 Å². The number of rotatable bonds is 2. The van der Waals surface area contributed by atoms with Crippen molar-refractivity contribution in [1.82, 2.24) is 4.98 Å². The van der Waals surface area contributed by atoms with Gasteiger partial charge < -0.3 is 10.1 Å². The zero-order chi connectivity index (χ0) is 12.6. The van der Waals surface area contributed by atoms with Gasteiger partial charge in [0.1, 0.15) is 5.69 Å². The van der Waals surface area contributed by atoms with Crippen molar-refractivity contribution in [2.24, 2.45) is 0 Å². The van der Waals surface area contributed by atoms with E-state index in [4.69, 9.17) is 5.11 Å². The summed E-state index contributed by atoms with van der Waals surface area (Å²) in [5.74, 6) is -1.02. The van der Waals surface area contributed by atoms with Crippen LogP contribution in [-0.4, -0.2) is 16.1 Å². The highest BCUT2D eigenvalue weighted by Crippen LogP contribution is 2.31. The number of H-pyrrole nitrogens is 1.